The van der Waals surface area contributed by atoms with Gasteiger partial charge in [-0.05, 0) is 18.8 Å². The molecule has 0 spiro atoms. The van der Waals surface area contributed by atoms with Crippen molar-refractivity contribution in [2.75, 3.05) is 18.1 Å². The average Bonchev–Trinajstić information content (AvgIpc) is 2.58. The topological polar surface area (TPSA) is 66.5 Å². The molecule has 1 rings (SSSR count). The average molecular weight is 288 g/mol. The number of carbonyl (C=O) groups excluding carboxylic acids is 1. The molecule has 19 heavy (non-hydrogen) atoms. The summed E-state index contributed by atoms with van der Waals surface area (Å²) < 4.78 is 22.9. The molecule has 0 aromatic carbocycles. The Morgan fingerprint density at radius 1 is 1.42 bits per heavy atom. The number of allylic oxidation sites excluding steroid dienone is 1. The maximum Gasteiger partial charge on any atom is 0.321 e. The molecule has 1 atom stereocenters. The number of hydrogen-bond donors (Lipinski definition) is 1. The second kappa shape index (κ2) is 5.94. The van der Waals surface area contributed by atoms with E-state index in [1.807, 2.05) is 33.8 Å². The molecule has 0 radical (unpaired) electrons. The molecule has 1 N–H and O–H groups in total. The molecule has 1 fully saturated rings. The second-order valence-corrected chi connectivity index (χ2v) is 8.22. The standard InChI is InChI=1S/C13H24N2O3S/c1-5-15(11-6-9-19(17,18)10-11)12(16)14-8-7-13(2,3)4/h7-8,11H,5-6,9-10H2,1-4H3,(H,14,16)/b8-7+. The summed E-state index contributed by atoms with van der Waals surface area (Å²) in [6, 6.07) is -0.428. The van der Waals surface area contributed by atoms with Crippen molar-refractivity contribution in [3.63, 3.8) is 0 Å². The summed E-state index contributed by atoms with van der Waals surface area (Å²) in [6.07, 6.45) is 4.07. The first-order valence-electron chi connectivity index (χ1n) is 6.60. The van der Waals surface area contributed by atoms with Crippen LogP contribution in [0.25, 0.3) is 0 Å². The maximum absolute atomic E-state index is 12.0. The van der Waals surface area contributed by atoms with Gasteiger partial charge in [0.25, 0.3) is 0 Å². The van der Waals surface area contributed by atoms with Gasteiger partial charge < -0.3 is 10.2 Å². The van der Waals surface area contributed by atoms with E-state index in [1.165, 1.54) is 0 Å². The predicted octanol–water partition coefficient (Wildman–Crippen LogP) is 1.76. The zero-order chi connectivity index (χ0) is 14.7. The van der Waals surface area contributed by atoms with Crippen LogP contribution in [-0.4, -0.2) is 43.4 Å². The number of nitrogens with one attached hydrogen (secondary N) is 1. The lowest BCUT2D eigenvalue weighted by Gasteiger charge is -2.26. The summed E-state index contributed by atoms with van der Waals surface area (Å²) in [5.41, 5.74) is 0.00101. The lowest BCUT2D eigenvalue weighted by atomic mass is 9.97. The van der Waals surface area contributed by atoms with Gasteiger partial charge in [0.2, 0.25) is 0 Å². The monoisotopic (exact) mass is 288 g/mol. The van der Waals surface area contributed by atoms with Gasteiger partial charge in [0.1, 0.15) is 0 Å². The smallest absolute Gasteiger partial charge is 0.321 e. The molecule has 0 aromatic heterocycles. The third-order valence-corrected chi connectivity index (χ3v) is 4.79. The number of urea groups is 1. The predicted molar refractivity (Wildman–Crippen MR) is 76.6 cm³/mol. The number of amides is 2. The van der Waals surface area contributed by atoms with Gasteiger partial charge in [-0.25, -0.2) is 13.2 Å². The number of carbonyl (C=O) groups is 1. The Morgan fingerprint density at radius 2 is 2.05 bits per heavy atom. The van der Waals surface area contributed by atoms with Crippen molar-refractivity contribution in [1.29, 1.82) is 0 Å². The quantitative estimate of drug-likeness (QED) is 0.860. The highest BCUT2D eigenvalue weighted by Gasteiger charge is 2.33. The molecule has 110 valence electrons. The Balaban J connectivity index is 2.61. The summed E-state index contributed by atoms with van der Waals surface area (Å²) in [6.45, 7) is 8.48. The molecular formula is C13H24N2O3S. The Morgan fingerprint density at radius 3 is 2.47 bits per heavy atom. The molecule has 1 unspecified atom stereocenters. The van der Waals surface area contributed by atoms with Gasteiger partial charge in [0, 0.05) is 18.8 Å². The lowest BCUT2D eigenvalue weighted by molar-refractivity contribution is 0.187. The van der Waals surface area contributed by atoms with E-state index in [-0.39, 0.29) is 29.0 Å². The first kappa shape index (κ1) is 16.0. The highest BCUT2D eigenvalue weighted by Crippen LogP contribution is 2.18. The van der Waals surface area contributed by atoms with E-state index in [4.69, 9.17) is 0 Å². The van der Waals surface area contributed by atoms with Crippen LogP contribution in [0.15, 0.2) is 12.3 Å². The molecule has 1 saturated heterocycles. The Kier molecular flexibility index (Phi) is 5.01. The van der Waals surface area contributed by atoms with Crippen molar-refractivity contribution in [2.45, 2.75) is 40.2 Å². The molecule has 6 heteroatoms. The van der Waals surface area contributed by atoms with Crippen LogP contribution in [0, 0.1) is 5.41 Å². The Hall–Kier alpha value is -1.04. The molecule has 1 aliphatic rings. The van der Waals surface area contributed by atoms with Crippen LogP contribution in [0.4, 0.5) is 4.79 Å². The molecule has 5 nitrogen and oxygen atoms in total. The molecule has 1 heterocycles. The molecule has 0 aromatic rings. The van der Waals surface area contributed by atoms with E-state index in [1.54, 1.807) is 11.1 Å². The zero-order valence-electron chi connectivity index (χ0n) is 12.1. The van der Waals surface area contributed by atoms with E-state index in [0.29, 0.717) is 13.0 Å². The summed E-state index contributed by atoms with van der Waals surface area (Å²) in [5.74, 6) is 0.260. The minimum absolute atomic E-state index is 0.00101. The zero-order valence-corrected chi connectivity index (χ0v) is 13.0. The normalized spacial score (nSPS) is 22.6. The largest absolute Gasteiger partial charge is 0.321 e. The van der Waals surface area contributed by atoms with E-state index >= 15 is 0 Å². The highest BCUT2D eigenvalue weighted by atomic mass is 32.2. The first-order valence-corrected chi connectivity index (χ1v) is 8.42. The van der Waals surface area contributed by atoms with E-state index in [0.717, 1.165) is 0 Å². The van der Waals surface area contributed by atoms with Crippen LogP contribution >= 0.6 is 0 Å². The fraction of sp³-hybridized carbons (Fsp3) is 0.769. The Labute approximate surface area is 116 Å². The van der Waals surface area contributed by atoms with E-state index in [9.17, 15) is 13.2 Å². The summed E-state index contributed by atoms with van der Waals surface area (Å²) in [4.78, 5) is 13.6. The number of sulfone groups is 1. The van der Waals surface area contributed by atoms with Gasteiger partial charge in [-0.2, -0.15) is 0 Å². The highest BCUT2D eigenvalue weighted by molar-refractivity contribution is 7.91. The van der Waals surface area contributed by atoms with Gasteiger partial charge >= 0.3 is 6.03 Å². The van der Waals surface area contributed by atoms with Crippen LogP contribution < -0.4 is 5.32 Å². The minimum atomic E-state index is -2.97. The van der Waals surface area contributed by atoms with Crippen molar-refractivity contribution in [3.05, 3.63) is 12.3 Å². The molecule has 0 saturated carbocycles. The van der Waals surface area contributed by atoms with Crippen molar-refractivity contribution in [1.82, 2.24) is 10.2 Å². The molecule has 0 aliphatic carbocycles. The molecule has 2 amide bonds. The van der Waals surface area contributed by atoms with Crippen LogP contribution in [-0.2, 0) is 9.84 Å². The van der Waals surface area contributed by atoms with Gasteiger partial charge in [0.05, 0.1) is 11.5 Å². The number of rotatable bonds is 3. The van der Waals surface area contributed by atoms with Crippen molar-refractivity contribution in [3.8, 4) is 0 Å². The lowest BCUT2D eigenvalue weighted by Crippen LogP contribution is -2.45. The molecule has 1 aliphatic heterocycles. The molecule has 0 bridgehead atoms. The van der Waals surface area contributed by atoms with Crippen molar-refractivity contribution in [2.24, 2.45) is 5.41 Å². The summed E-state index contributed by atoms with van der Waals surface area (Å²) in [5, 5.41) is 2.71. The number of nitrogens with zero attached hydrogens (tertiary/aromatic N) is 1. The van der Waals surface area contributed by atoms with Crippen LogP contribution in [0.3, 0.4) is 0 Å². The van der Waals surface area contributed by atoms with Gasteiger partial charge in [0.15, 0.2) is 9.84 Å². The van der Waals surface area contributed by atoms with Gasteiger partial charge in [-0.1, -0.05) is 26.8 Å². The maximum atomic E-state index is 12.0. The van der Waals surface area contributed by atoms with Crippen LogP contribution in [0.1, 0.15) is 34.1 Å². The summed E-state index contributed by atoms with van der Waals surface area (Å²) >= 11 is 0. The second-order valence-electron chi connectivity index (χ2n) is 5.99. The Bertz CT molecular complexity index is 449. The van der Waals surface area contributed by atoms with Crippen molar-refractivity contribution < 1.29 is 13.2 Å². The van der Waals surface area contributed by atoms with Crippen LogP contribution in [0.2, 0.25) is 0 Å². The third-order valence-electron chi connectivity index (χ3n) is 3.04. The molecular weight excluding hydrogens is 264 g/mol. The van der Waals surface area contributed by atoms with Gasteiger partial charge in [-0.15, -0.1) is 0 Å². The fourth-order valence-electron chi connectivity index (χ4n) is 2.03. The summed E-state index contributed by atoms with van der Waals surface area (Å²) in [7, 11) is -2.97. The first-order chi connectivity index (χ1) is 8.64. The third kappa shape index (κ3) is 5.22. The fourth-order valence-corrected chi connectivity index (χ4v) is 3.77. The van der Waals surface area contributed by atoms with E-state index < -0.39 is 9.84 Å². The van der Waals surface area contributed by atoms with E-state index in [2.05, 4.69) is 5.32 Å². The van der Waals surface area contributed by atoms with Gasteiger partial charge in [-0.3, -0.25) is 0 Å². The minimum Gasteiger partial charge on any atom is -0.321 e. The van der Waals surface area contributed by atoms with Crippen LogP contribution in [0.5, 0.6) is 0 Å². The number of hydrogen-bond acceptors (Lipinski definition) is 3. The SMILES string of the molecule is CCN(C(=O)N/C=C/C(C)(C)C)C1CCS(=O)(=O)C1. The van der Waals surface area contributed by atoms with Crippen molar-refractivity contribution >= 4 is 15.9 Å².